The van der Waals surface area contributed by atoms with Gasteiger partial charge in [-0.05, 0) is 65.6 Å². The van der Waals surface area contributed by atoms with E-state index in [4.69, 9.17) is 4.74 Å². The monoisotopic (exact) mass is 358 g/mol. The van der Waals surface area contributed by atoms with Gasteiger partial charge in [-0.1, -0.05) is 44.0 Å². The first-order valence-corrected chi connectivity index (χ1v) is 8.83. The Morgan fingerprint density at radius 1 is 0.846 bits per heavy atom. The van der Waals surface area contributed by atoms with E-state index in [9.17, 15) is 13.2 Å². The van der Waals surface area contributed by atoms with Gasteiger partial charge in [0, 0.05) is 0 Å². The lowest BCUT2D eigenvalue weighted by Gasteiger charge is -2.19. The molecule has 0 unspecified atom stereocenters. The van der Waals surface area contributed by atoms with Crippen molar-refractivity contribution in [2.45, 2.75) is 38.7 Å². The molecule has 0 aliphatic heterocycles. The fraction of sp³-hybridized carbons (Fsp3) is 0.273. The van der Waals surface area contributed by atoms with Crippen LogP contribution in [0.3, 0.4) is 0 Å². The standard InChI is InChI=1S/C22H21F3O/c1-2-3-4-5-16-6-10-19(11-7-16)22(24,25)26-21-13-9-17-14-20(23)12-8-18(17)15-21/h6-15H,2-5H2,1H3. The van der Waals surface area contributed by atoms with Gasteiger partial charge in [0.1, 0.15) is 11.6 Å². The minimum Gasteiger partial charge on any atom is -0.429 e. The molecule has 0 aromatic heterocycles. The van der Waals surface area contributed by atoms with Crippen LogP contribution in [0.15, 0.2) is 60.7 Å². The summed E-state index contributed by atoms with van der Waals surface area (Å²) in [5.74, 6) is -0.323. The molecule has 0 bridgehead atoms. The Balaban J connectivity index is 1.74. The van der Waals surface area contributed by atoms with Gasteiger partial charge < -0.3 is 4.74 Å². The van der Waals surface area contributed by atoms with Crippen LogP contribution in [0.5, 0.6) is 5.75 Å². The second kappa shape index (κ2) is 7.81. The molecule has 0 heterocycles. The maximum absolute atomic E-state index is 14.5. The maximum atomic E-state index is 14.5. The van der Waals surface area contributed by atoms with Crippen molar-refractivity contribution >= 4 is 10.8 Å². The van der Waals surface area contributed by atoms with E-state index in [1.54, 1.807) is 24.3 Å². The number of hydrogen-bond acceptors (Lipinski definition) is 1. The first kappa shape index (κ1) is 18.3. The Kier molecular flexibility index (Phi) is 5.50. The molecule has 0 fully saturated rings. The zero-order valence-electron chi connectivity index (χ0n) is 14.6. The Labute approximate surface area is 151 Å². The molecular formula is C22H21F3O. The van der Waals surface area contributed by atoms with E-state index in [0.29, 0.717) is 10.8 Å². The number of rotatable bonds is 7. The van der Waals surface area contributed by atoms with Crippen molar-refractivity contribution in [3.05, 3.63) is 77.6 Å². The number of aryl methyl sites for hydroxylation is 1. The summed E-state index contributed by atoms with van der Waals surface area (Å²) in [7, 11) is 0. The molecule has 0 atom stereocenters. The van der Waals surface area contributed by atoms with Gasteiger partial charge >= 0.3 is 6.11 Å². The molecule has 0 aliphatic rings. The molecule has 136 valence electrons. The van der Waals surface area contributed by atoms with Gasteiger partial charge in [-0.25, -0.2) is 4.39 Å². The van der Waals surface area contributed by atoms with Crippen LogP contribution in [-0.2, 0) is 12.5 Å². The van der Waals surface area contributed by atoms with Crippen LogP contribution in [0.2, 0.25) is 0 Å². The normalized spacial score (nSPS) is 11.7. The van der Waals surface area contributed by atoms with Crippen LogP contribution < -0.4 is 4.74 Å². The van der Waals surface area contributed by atoms with E-state index in [2.05, 4.69) is 6.92 Å². The summed E-state index contributed by atoms with van der Waals surface area (Å²) in [5.41, 5.74) is 0.863. The van der Waals surface area contributed by atoms with Gasteiger partial charge in [-0.2, -0.15) is 8.78 Å². The highest BCUT2D eigenvalue weighted by Crippen LogP contribution is 2.33. The Bertz CT molecular complexity index is 872. The van der Waals surface area contributed by atoms with Crippen LogP contribution in [0, 0.1) is 5.82 Å². The van der Waals surface area contributed by atoms with Gasteiger partial charge in [0.25, 0.3) is 0 Å². The Morgan fingerprint density at radius 3 is 2.27 bits per heavy atom. The largest absolute Gasteiger partial charge is 0.429 e. The second-order valence-electron chi connectivity index (χ2n) is 6.43. The highest BCUT2D eigenvalue weighted by atomic mass is 19.3. The van der Waals surface area contributed by atoms with E-state index >= 15 is 0 Å². The molecule has 0 N–H and O–H groups in total. The third-order valence-electron chi connectivity index (χ3n) is 4.38. The van der Waals surface area contributed by atoms with Crippen molar-refractivity contribution in [1.29, 1.82) is 0 Å². The number of alkyl halides is 2. The molecule has 3 rings (SSSR count). The number of hydrogen-bond donors (Lipinski definition) is 0. The number of benzene rings is 3. The zero-order chi connectivity index (χ0) is 18.6. The molecule has 3 aromatic carbocycles. The van der Waals surface area contributed by atoms with Gasteiger partial charge in [0.2, 0.25) is 0 Å². The van der Waals surface area contributed by atoms with E-state index in [1.807, 2.05) is 0 Å². The van der Waals surface area contributed by atoms with Gasteiger partial charge in [0.05, 0.1) is 5.56 Å². The molecule has 0 radical (unpaired) electrons. The van der Waals surface area contributed by atoms with Crippen molar-refractivity contribution in [3.63, 3.8) is 0 Å². The predicted molar refractivity (Wildman–Crippen MR) is 98.1 cm³/mol. The van der Waals surface area contributed by atoms with Gasteiger partial charge in [-0.15, -0.1) is 0 Å². The lowest BCUT2D eigenvalue weighted by Crippen LogP contribution is -2.21. The number of ether oxygens (including phenoxy) is 1. The van der Waals surface area contributed by atoms with E-state index in [-0.39, 0.29) is 17.1 Å². The summed E-state index contributed by atoms with van der Waals surface area (Å²) in [6.07, 6.45) is 0.771. The SMILES string of the molecule is CCCCCc1ccc(C(F)(F)Oc2ccc3cc(F)ccc3c2)cc1. The topological polar surface area (TPSA) is 9.23 Å². The molecule has 4 heteroatoms. The summed E-state index contributed by atoms with van der Waals surface area (Å²) in [5, 5.41) is 1.28. The third-order valence-corrected chi connectivity index (χ3v) is 4.38. The number of halogens is 3. The molecule has 0 aliphatic carbocycles. The molecule has 3 aromatic rings. The average Bonchev–Trinajstić information content (AvgIpc) is 2.62. The maximum Gasteiger partial charge on any atom is 0.426 e. The van der Waals surface area contributed by atoms with Crippen LogP contribution in [0.1, 0.15) is 37.3 Å². The van der Waals surface area contributed by atoms with Gasteiger partial charge in [-0.3, -0.25) is 0 Å². The van der Waals surface area contributed by atoms with Crippen molar-refractivity contribution < 1.29 is 17.9 Å². The molecular weight excluding hydrogens is 337 g/mol. The Hall–Kier alpha value is -2.49. The first-order valence-electron chi connectivity index (χ1n) is 8.83. The quantitative estimate of drug-likeness (QED) is 0.420. The lowest BCUT2D eigenvalue weighted by molar-refractivity contribution is -0.185. The highest BCUT2D eigenvalue weighted by molar-refractivity contribution is 5.83. The van der Waals surface area contributed by atoms with Crippen LogP contribution in [0.25, 0.3) is 10.8 Å². The van der Waals surface area contributed by atoms with Crippen molar-refractivity contribution in [2.75, 3.05) is 0 Å². The van der Waals surface area contributed by atoms with Crippen molar-refractivity contribution in [2.24, 2.45) is 0 Å². The fourth-order valence-corrected chi connectivity index (χ4v) is 2.91. The molecule has 0 spiro atoms. The molecule has 0 amide bonds. The van der Waals surface area contributed by atoms with Gasteiger partial charge in [0.15, 0.2) is 0 Å². The average molecular weight is 358 g/mol. The minimum absolute atomic E-state index is 0.0427. The number of fused-ring (bicyclic) bond motifs is 1. The summed E-state index contributed by atoms with van der Waals surface area (Å²) in [6, 6.07) is 15.0. The minimum atomic E-state index is -3.43. The van der Waals surface area contributed by atoms with E-state index < -0.39 is 6.11 Å². The smallest absolute Gasteiger partial charge is 0.426 e. The lowest BCUT2D eigenvalue weighted by atomic mass is 10.0. The third kappa shape index (κ3) is 4.37. The van der Waals surface area contributed by atoms with Crippen LogP contribution in [0.4, 0.5) is 13.2 Å². The molecule has 1 nitrogen and oxygen atoms in total. The highest BCUT2D eigenvalue weighted by Gasteiger charge is 2.34. The summed E-state index contributed by atoms with van der Waals surface area (Å²) >= 11 is 0. The first-order chi connectivity index (χ1) is 12.5. The zero-order valence-corrected chi connectivity index (χ0v) is 14.6. The van der Waals surface area contributed by atoms with E-state index in [0.717, 1.165) is 31.2 Å². The van der Waals surface area contributed by atoms with Crippen molar-refractivity contribution in [1.82, 2.24) is 0 Å². The fourth-order valence-electron chi connectivity index (χ4n) is 2.91. The second-order valence-corrected chi connectivity index (χ2v) is 6.43. The summed E-state index contributed by atoms with van der Waals surface area (Å²) in [4.78, 5) is 0. The summed E-state index contributed by atoms with van der Waals surface area (Å²) in [6.45, 7) is 2.13. The molecule has 26 heavy (non-hydrogen) atoms. The molecule has 0 saturated carbocycles. The van der Waals surface area contributed by atoms with Crippen LogP contribution in [-0.4, -0.2) is 0 Å². The molecule has 0 saturated heterocycles. The van der Waals surface area contributed by atoms with Crippen molar-refractivity contribution in [3.8, 4) is 5.75 Å². The van der Waals surface area contributed by atoms with Crippen LogP contribution >= 0.6 is 0 Å². The Morgan fingerprint density at radius 2 is 1.54 bits per heavy atom. The van der Waals surface area contributed by atoms with E-state index in [1.165, 1.54) is 36.4 Å². The number of unbranched alkanes of at least 4 members (excludes halogenated alkanes) is 2. The summed E-state index contributed by atoms with van der Waals surface area (Å²) < 4.78 is 47.1. The predicted octanol–water partition coefficient (Wildman–Crippen LogP) is 6.84.